The molecular formula is C27H52O4. The van der Waals surface area contributed by atoms with Gasteiger partial charge in [0.1, 0.15) is 0 Å². The number of hydrogen-bond acceptors (Lipinski definition) is 4. The van der Waals surface area contributed by atoms with Crippen LogP contribution >= 0.6 is 0 Å². The molecule has 0 spiro atoms. The van der Waals surface area contributed by atoms with Crippen LogP contribution in [0.15, 0.2) is 0 Å². The molecule has 0 aliphatic heterocycles. The SMILES string of the molecule is CCC(CC)(C(=O)OCCC(C)CCCC(C)C)C(=O)OCCC(C)CCCC(C)C. The molecule has 0 amide bonds. The molecule has 0 aromatic carbocycles. The molecule has 0 aliphatic carbocycles. The van der Waals surface area contributed by atoms with Gasteiger partial charge in [0, 0.05) is 0 Å². The van der Waals surface area contributed by atoms with Crippen molar-refractivity contribution in [2.24, 2.45) is 29.1 Å². The van der Waals surface area contributed by atoms with E-state index in [4.69, 9.17) is 9.47 Å². The average Bonchev–Trinajstić information content (AvgIpc) is 2.68. The molecule has 2 atom stereocenters. The van der Waals surface area contributed by atoms with Gasteiger partial charge in [0.05, 0.1) is 13.2 Å². The Morgan fingerprint density at radius 3 is 1.26 bits per heavy atom. The van der Waals surface area contributed by atoms with Gasteiger partial charge < -0.3 is 9.47 Å². The van der Waals surface area contributed by atoms with Crippen molar-refractivity contribution in [3.05, 3.63) is 0 Å². The maximum absolute atomic E-state index is 12.8. The average molecular weight is 441 g/mol. The molecule has 0 saturated carbocycles. The van der Waals surface area contributed by atoms with Gasteiger partial charge >= 0.3 is 11.9 Å². The fourth-order valence-corrected chi connectivity index (χ4v) is 3.93. The van der Waals surface area contributed by atoms with Crippen molar-refractivity contribution < 1.29 is 19.1 Å². The highest BCUT2D eigenvalue weighted by Gasteiger charge is 2.45. The first kappa shape index (κ1) is 29.9. The molecule has 2 unspecified atom stereocenters. The fraction of sp³-hybridized carbons (Fsp3) is 0.926. The van der Waals surface area contributed by atoms with Crippen LogP contribution in [0.3, 0.4) is 0 Å². The van der Waals surface area contributed by atoms with E-state index in [-0.39, 0.29) is 0 Å². The maximum atomic E-state index is 12.8. The van der Waals surface area contributed by atoms with Crippen molar-refractivity contribution in [1.29, 1.82) is 0 Å². The van der Waals surface area contributed by atoms with Crippen LogP contribution in [-0.2, 0) is 19.1 Å². The summed E-state index contributed by atoms with van der Waals surface area (Å²) >= 11 is 0. The zero-order chi connectivity index (χ0) is 23.9. The van der Waals surface area contributed by atoms with Crippen LogP contribution in [-0.4, -0.2) is 25.2 Å². The minimum atomic E-state index is -1.16. The minimum Gasteiger partial charge on any atom is -0.465 e. The van der Waals surface area contributed by atoms with Crippen molar-refractivity contribution in [3.63, 3.8) is 0 Å². The molecule has 0 saturated heterocycles. The van der Waals surface area contributed by atoms with E-state index in [9.17, 15) is 9.59 Å². The summed E-state index contributed by atoms with van der Waals surface area (Å²) < 4.78 is 11.1. The Balaban J connectivity index is 4.45. The van der Waals surface area contributed by atoms with Gasteiger partial charge in [0.15, 0.2) is 5.41 Å². The summed E-state index contributed by atoms with van der Waals surface area (Å²) in [5.74, 6) is 1.67. The monoisotopic (exact) mass is 440 g/mol. The van der Waals surface area contributed by atoms with Crippen molar-refractivity contribution in [2.75, 3.05) is 13.2 Å². The Kier molecular flexibility index (Phi) is 16.0. The third-order valence-electron chi connectivity index (χ3n) is 6.63. The van der Waals surface area contributed by atoms with Crippen LogP contribution in [0, 0.1) is 29.1 Å². The van der Waals surface area contributed by atoms with E-state index in [1.165, 1.54) is 25.7 Å². The highest BCUT2D eigenvalue weighted by Crippen LogP contribution is 2.31. The lowest BCUT2D eigenvalue weighted by molar-refractivity contribution is -0.173. The van der Waals surface area contributed by atoms with Gasteiger partial charge in [0.25, 0.3) is 0 Å². The molecule has 4 nitrogen and oxygen atoms in total. The number of hydrogen-bond donors (Lipinski definition) is 0. The van der Waals surface area contributed by atoms with Gasteiger partial charge in [-0.25, -0.2) is 0 Å². The second-order valence-electron chi connectivity index (χ2n) is 10.5. The van der Waals surface area contributed by atoms with E-state index in [1.54, 1.807) is 0 Å². The van der Waals surface area contributed by atoms with Gasteiger partial charge in [-0.1, -0.05) is 93.9 Å². The summed E-state index contributed by atoms with van der Waals surface area (Å²) in [6, 6.07) is 0. The first-order chi connectivity index (χ1) is 14.6. The molecule has 4 heteroatoms. The Bertz CT molecular complexity index is 440. The Labute approximate surface area is 193 Å². The van der Waals surface area contributed by atoms with E-state index in [0.717, 1.165) is 37.5 Å². The summed E-state index contributed by atoms with van der Waals surface area (Å²) in [5, 5.41) is 0. The van der Waals surface area contributed by atoms with Crippen LogP contribution in [0.2, 0.25) is 0 Å². The third kappa shape index (κ3) is 12.5. The molecule has 0 fully saturated rings. The highest BCUT2D eigenvalue weighted by molar-refractivity contribution is 5.99. The normalized spacial score (nSPS) is 14.0. The van der Waals surface area contributed by atoms with Crippen molar-refractivity contribution >= 4 is 11.9 Å². The van der Waals surface area contributed by atoms with E-state index < -0.39 is 17.4 Å². The van der Waals surface area contributed by atoms with E-state index in [1.807, 2.05) is 13.8 Å². The van der Waals surface area contributed by atoms with Gasteiger partial charge in [0.2, 0.25) is 0 Å². The second-order valence-corrected chi connectivity index (χ2v) is 10.5. The van der Waals surface area contributed by atoms with Crippen LogP contribution in [0.25, 0.3) is 0 Å². The molecule has 0 heterocycles. The quantitative estimate of drug-likeness (QED) is 0.163. The van der Waals surface area contributed by atoms with E-state index in [0.29, 0.717) is 37.9 Å². The number of rotatable bonds is 18. The molecule has 184 valence electrons. The number of ether oxygens (including phenoxy) is 2. The molecule has 0 N–H and O–H groups in total. The van der Waals surface area contributed by atoms with Gasteiger partial charge in [-0.15, -0.1) is 0 Å². The van der Waals surface area contributed by atoms with Crippen LogP contribution in [0.4, 0.5) is 0 Å². The van der Waals surface area contributed by atoms with Gasteiger partial charge in [-0.05, 0) is 49.4 Å². The lowest BCUT2D eigenvalue weighted by atomic mass is 9.82. The third-order valence-corrected chi connectivity index (χ3v) is 6.63. The van der Waals surface area contributed by atoms with Crippen LogP contribution < -0.4 is 0 Å². The predicted molar refractivity (Wildman–Crippen MR) is 130 cm³/mol. The number of carbonyl (C=O) groups is 2. The largest absolute Gasteiger partial charge is 0.465 e. The highest BCUT2D eigenvalue weighted by atomic mass is 16.6. The first-order valence-corrected chi connectivity index (χ1v) is 12.9. The Morgan fingerprint density at radius 1 is 0.613 bits per heavy atom. The topological polar surface area (TPSA) is 52.6 Å². The summed E-state index contributed by atoms with van der Waals surface area (Å²) in [5.41, 5.74) is -1.16. The standard InChI is InChI=1S/C27H52O4/c1-9-27(10-2,25(28)30-19-17-23(7)15-11-13-21(3)4)26(29)31-20-18-24(8)16-12-14-22(5)6/h21-24H,9-20H2,1-8H3. The molecule has 0 rings (SSSR count). The zero-order valence-electron chi connectivity index (χ0n) is 21.9. The summed E-state index contributed by atoms with van der Waals surface area (Å²) in [6.45, 7) is 17.9. The van der Waals surface area contributed by atoms with Gasteiger partial charge in [-0.3, -0.25) is 9.59 Å². The smallest absolute Gasteiger partial charge is 0.323 e. The lowest BCUT2D eigenvalue weighted by Gasteiger charge is -2.27. The van der Waals surface area contributed by atoms with Gasteiger partial charge in [-0.2, -0.15) is 0 Å². The predicted octanol–water partition coefficient (Wildman–Crippen LogP) is 7.58. The zero-order valence-corrected chi connectivity index (χ0v) is 21.9. The number of esters is 2. The van der Waals surface area contributed by atoms with Crippen LogP contribution in [0.5, 0.6) is 0 Å². The lowest BCUT2D eigenvalue weighted by Crippen LogP contribution is -2.41. The molecular weight excluding hydrogens is 388 g/mol. The molecule has 31 heavy (non-hydrogen) atoms. The molecule has 0 radical (unpaired) electrons. The molecule has 0 bridgehead atoms. The van der Waals surface area contributed by atoms with Crippen molar-refractivity contribution in [1.82, 2.24) is 0 Å². The maximum Gasteiger partial charge on any atom is 0.323 e. The Hall–Kier alpha value is -1.06. The summed E-state index contributed by atoms with van der Waals surface area (Å²) in [4.78, 5) is 25.7. The number of carbonyl (C=O) groups excluding carboxylic acids is 2. The molecule has 0 aliphatic rings. The fourth-order valence-electron chi connectivity index (χ4n) is 3.93. The second kappa shape index (κ2) is 16.6. The van der Waals surface area contributed by atoms with E-state index >= 15 is 0 Å². The van der Waals surface area contributed by atoms with E-state index in [2.05, 4.69) is 41.5 Å². The molecule has 0 aromatic rings. The Morgan fingerprint density at radius 2 is 0.968 bits per heavy atom. The van der Waals surface area contributed by atoms with Crippen molar-refractivity contribution in [2.45, 2.75) is 120 Å². The summed E-state index contributed by atoms with van der Waals surface area (Å²) in [7, 11) is 0. The van der Waals surface area contributed by atoms with Crippen molar-refractivity contribution in [3.8, 4) is 0 Å². The minimum absolute atomic E-state index is 0.379. The van der Waals surface area contributed by atoms with Crippen LogP contribution in [0.1, 0.15) is 120 Å². The molecule has 0 aromatic heterocycles. The summed E-state index contributed by atoms with van der Waals surface area (Å²) in [6.07, 6.45) is 9.71. The first-order valence-electron chi connectivity index (χ1n) is 12.9.